The number of alkyl halides is 9. The molecule has 1 unspecified atom stereocenters. The minimum atomic E-state index is -5.14. The maximum absolute atomic E-state index is 13.7. The highest BCUT2D eigenvalue weighted by molar-refractivity contribution is 5.90. The molecule has 4 rings (SSSR count). The Morgan fingerprint density at radius 2 is 1.64 bits per heavy atom. The predicted molar refractivity (Wildman–Crippen MR) is 137 cm³/mol. The van der Waals surface area contributed by atoms with Crippen LogP contribution in [0.4, 0.5) is 50.0 Å². The molecular formula is C27H27F9N4O4. The molecule has 0 saturated carbocycles. The summed E-state index contributed by atoms with van der Waals surface area (Å²) in [5.74, 6) is -2.44. The van der Waals surface area contributed by atoms with Gasteiger partial charge in [-0.05, 0) is 67.3 Å². The summed E-state index contributed by atoms with van der Waals surface area (Å²) < 4.78 is 128. The number of anilines is 1. The fourth-order valence-electron chi connectivity index (χ4n) is 5.22. The molecule has 2 aliphatic heterocycles. The number of hydroxylamine groups is 1. The SMILES string of the molecule is CCOC(=O)N1c2ccc(C(F)(F)F)cc2[C@@H](NC2(Cc3cc(C(F)(F)F)cc(C(F)(F)F)c3)N=C(CO)ON2)C[C@H]1CC. The lowest BCUT2D eigenvalue weighted by Crippen LogP contribution is -2.57. The summed E-state index contributed by atoms with van der Waals surface area (Å²) in [6, 6.07) is 1.82. The van der Waals surface area contributed by atoms with Crippen molar-refractivity contribution in [3.63, 3.8) is 0 Å². The molecule has 44 heavy (non-hydrogen) atoms. The number of hydrogen-bond acceptors (Lipinski definition) is 7. The van der Waals surface area contributed by atoms with Crippen molar-refractivity contribution in [3.05, 3.63) is 64.2 Å². The van der Waals surface area contributed by atoms with Crippen LogP contribution in [0.2, 0.25) is 0 Å². The third-order valence-corrected chi connectivity index (χ3v) is 7.11. The van der Waals surface area contributed by atoms with Gasteiger partial charge in [-0.25, -0.2) is 9.79 Å². The average Bonchev–Trinajstić information content (AvgIpc) is 3.33. The van der Waals surface area contributed by atoms with Gasteiger partial charge in [-0.15, -0.1) is 5.48 Å². The standard InChI is InChI=1S/C27H27F9N4O4/c1-3-18-11-20(19-10-15(25(28,29)30)5-6-21(19)40(18)23(42)43-4-2)37-24(38-22(13-41)44-39-24)12-14-7-16(26(31,32)33)9-17(8-14)27(34,35)36/h5-10,18,20,37,39,41H,3-4,11-13H2,1-2H3/t18-,20+,24?/m1/s1. The van der Waals surface area contributed by atoms with Crippen LogP contribution in [0, 0.1) is 0 Å². The van der Waals surface area contributed by atoms with Gasteiger partial charge in [-0.3, -0.25) is 10.2 Å². The molecule has 0 aromatic heterocycles. The molecule has 242 valence electrons. The molecule has 2 aromatic rings. The zero-order valence-corrected chi connectivity index (χ0v) is 23.1. The first-order valence-corrected chi connectivity index (χ1v) is 13.3. The first-order valence-electron chi connectivity index (χ1n) is 13.3. The van der Waals surface area contributed by atoms with Gasteiger partial charge in [0.05, 0.1) is 29.0 Å². The number of amides is 1. The molecule has 8 nitrogen and oxygen atoms in total. The lowest BCUT2D eigenvalue weighted by Gasteiger charge is -2.42. The summed E-state index contributed by atoms with van der Waals surface area (Å²) >= 11 is 0. The number of carbonyl (C=O) groups is 1. The van der Waals surface area contributed by atoms with Gasteiger partial charge in [0.1, 0.15) is 6.61 Å². The van der Waals surface area contributed by atoms with E-state index in [4.69, 9.17) is 9.57 Å². The molecule has 0 fully saturated rings. The van der Waals surface area contributed by atoms with Gasteiger partial charge >= 0.3 is 24.6 Å². The van der Waals surface area contributed by atoms with Gasteiger partial charge in [-0.2, -0.15) is 39.5 Å². The van der Waals surface area contributed by atoms with Crippen molar-refractivity contribution >= 4 is 17.7 Å². The van der Waals surface area contributed by atoms with Crippen LogP contribution in [0.5, 0.6) is 0 Å². The maximum atomic E-state index is 13.7. The summed E-state index contributed by atoms with van der Waals surface area (Å²) in [7, 11) is 0. The van der Waals surface area contributed by atoms with Crippen LogP contribution in [-0.4, -0.2) is 42.1 Å². The summed E-state index contributed by atoms with van der Waals surface area (Å²) in [4.78, 5) is 23.3. The fraction of sp³-hybridized carbons (Fsp3) is 0.481. The van der Waals surface area contributed by atoms with Crippen molar-refractivity contribution in [3.8, 4) is 0 Å². The highest BCUT2D eigenvalue weighted by Crippen LogP contribution is 2.43. The van der Waals surface area contributed by atoms with Gasteiger partial charge < -0.3 is 14.7 Å². The number of aliphatic imine (C=N–C) groups is 1. The molecule has 17 heteroatoms. The van der Waals surface area contributed by atoms with Gasteiger partial charge in [-0.1, -0.05) is 6.92 Å². The van der Waals surface area contributed by atoms with E-state index >= 15 is 0 Å². The monoisotopic (exact) mass is 642 g/mol. The lowest BCUT2D eigenvalue weighted by atomic mass is 9.88. The Kier molecular flexibility index (Phi) is 9.15. The van der Waals surface area contributed by atoms with Crippen molar-refractivity contribution in [2.75, 3.05) is 18.1 Å². The highest BCUT2D eigenvalue weighted by Gasteiger charge is 2.45. The van der Waals surface area contributed by atoms with Crippen molar-refractivity contribution in [2.45, 2.75) is 69.5 Å². The molecule has 2 aromatic carbocycles. The zero-order valence-electron chi connectivity index (χ0n) is 23.1. The van der Waals surface area contributed by atoms with E-state index in [9.17, 15) is 49.4 Å². The Balaban J connectivity index is 1.84. The van der Waals surface area contributed by atoms with E-state index in [1.165, 1.54) is 4.90 Å². The van der Waals surface area contributed by atoms with E-state index in [-0.39, 0.29) is 36.2 Å². The largest absolute Gasteiger partial charge is 0.449 e. The van der Waals surface area contributed by atoms with Crippen molar-refractivity contribution in [2.24, 2.45) is 4.99 Å². The third kappa shape index (κ3) is 7.04. The molecule has 2 heterocycles. The zero-order chi connectivity index (χ0) is 32.7. The first kappa shape index (κ1) is 33.3. The fourth-order valence-corrected chi connectivity index (χ4v) is 5.22. The number of rotatable bonds is 7. The van der Waals surface area contributed by atoms with Crippen LogP contribution in [-0.2, 0) is 34.5 Å². The predicted octanol–water partition coefficient (Wildman–Crippen LogP) is 6.34. The van der Waals surface area contributed by atoms with E-state index in [2.05, 4.69) is 15.8 Å². The van der Waals surface area contributed by atoms with Crippen molar-refractivity contribution < 1.29 is 59.0 Å². The number of benzene rings is 2. The van der Waals surface area contributed by atoms with Crippen LogP contribution in [0.3, 0.4) is 0 Å². The molecule has 3 atom stereocenters. The maximum Gasteiger partial charge on any atom is 0.416 e. The minimum Gasteiger partial charge on any atom is -0.449 e. The molecule has 0 spiro atoms. The molecule has 0 aliphatic carbocycles. The summed E-state index contributed by atoms with van der Waals surface area (Å²) in [6.07, 6.45) is -16.4. The summed E-state index contributed by atoms with van der Waals surface area (Å²) in [6.45, 7) is 2.41. The second kappa shape index (κ2) is 12.1. The normalized spacial score (nSPS) is 22.4. The number of aliphatic hydroxyl groups excluding tert-OH is 1. The molecule has 1 amide bonds. The number of halogens is 9. The van der Waals surface area contributed by atoms with Crippen LogP contribution in [0.15, 0.2) is 41.4 Å². The highest BCUT2D eigenvalue weighted by atomic mass is 19.4. The second-order valence-electron chi connectivity index (χ2n) is 10.2. The quantitative estimate of drug-likeness (QED) is 0.305. The number of ether oxygens (including phenoxy) is 1. The molecule has 3 N–H and O–H groups in total. The van der Waals surface area contributed by atoms with Gasteiger partial charge in [0.15, 0.2) is 0 Å². The number of hydrogen-bond donors (Lipinski definition) is 3. The Morgan fingerprint density at radius 1 is 1.02 bits per heavy atom. The Hall–Kier alpha value is -3.57. The van der Waals surface area contributed by atoms with E-state index < -0.39 is 77.8 Å². The molecule has 0 bridgehead atoms. The minimum absolute atomic E-state index is 0.0245. The first-order chi connectivity index (χ1) is 20.4. The summed E-state index contributed by atoms with van der Waals surface area (Å²) in [5.41, 5.74) is -2.38. The number of nitrogens with zero attached hydrogens (tertiary/aromatic N) is 2. The Morgan fingerprint density at radius 3 is 2.14 bits per heavy atom. The topological polar surface area (TPSA) is 95.4 Å². The van der Waals surface area contributed by atoms with Gasteiger partial charge in [0.25, 0.3) is 0 Å². The van der Waals surface area contributed by atoms with Crippen LogP contribution < -0.4 is 15.7 Å². The van der Waals surface area contributed by atoms with Crippen LogP contribution in [0.1, 0.15) is 60.5 Å². The number of fused-ring (bicyclic) bond motifs is 1. The molecule has 2 aliphatic rings. The van der Waals surface area contributed by atoms with E-state index in [1.54, 1.807) is 13.8 Å². The average molecular weight is 643 g/mol. The molecule has 0 radical (unpaired) electrons. The number of aliphatic hydroxyl groups is 1. The molecule has 0 saturated heterocycles. The van der Waals surface area contributed by atoms with E-state index in [1.807, 2.05) is 0 Å². The van der Waals surface area contributed by atoms with Crippen molar-refractivity contribution in [1.82, 2.24) is 10.8 Å². The third-order valence-electron chi connectivity index (χ3n) is 7.11. The Labute approximate surface area is 244 Å². The van der Waals surface area contributed by atoms with Gasteiger partial charge in [0.2, 0.25) is 11.7 Å². The number of nitrogens with one attached hydrogen (secondary N) is 2. The smallest absolute Gasteiger partial charge is 0.416 e. The van der Waals surface area contributed by atoms with Gasteiger partial charge in [0, 0.05) is 18.5 Å². The Bertz CT molecular complexity index is 1380. The van der Waals surface area contributed by atoms with E-state index in [0.29, 0.717) is 18.6 Å². The van der Waals surface area contributed by atoms with Crippen LogP contribution >= 0.6 is 0 Å². The second-order valence-corrected chi connectivity index (χ2v) is 10.2. The number of carbonyl (C=O) groups excluding carboxylic acids is 1. The van der Waals surface area contributed by atoms with E-state index in [0.717, 1.165) is 18.2 Å². The lowest BCUT2D eigenvalue weighted by molar-refractivity contribution is -0.143. The van der Waals surface area contributed by atoms with Crippen molar-refractivity contribution in [1.29, 1.82) is 0 Å². The van der Waals surface area contributed by atoms with Crippen LogP contribution in [0.25, 0.3) is 0 Å². The molecular weight excluding hydrogens is 615 g/mol. The summed E-state index contributed by atoms with van der Waals surface area (Å²) in [5, 5.41) is 12.5.